The molecule has 0 bridgehead atoms. The monoisotopic (exact) mass is 464 g/mol. The Morgan fingerprint density at radius 3 is 2.30 bits per heavy atom. The number of aliphatic hydroxyl groups is 1. The Bertz CT molecular complexity index is 796. The quantitative estimate of drug-likeness (QED) is 0.488. The molecule has 7 nitrogen and oxygen atoms in total. The number of hydrogen-bond acceptors (Lipinski definition) is 7. The summed E-state index contributed by atoms with van der Waals surface area (Å²) < 4.78 is 16.5. The van der Waals surface area contributed by atoms with Crippen LogP contribution in [-0.2, 0) is 28.6 Å². The third-order valence-corrected chi connectivity index (χ3v) is 9.76. The van der Waals surface area contributed by atoms with Crippen LogP contribution in [0.2, 0.25) is 0 Å². The maximum atomic E-state index is 13.6. The van der Waals surface area contributed by atoms with Gasteiger partial charge < -0.3 is 19.3 Å². The van der Waals surface area contributed by atoms with Crippen LogP contribution >= 0.6 is 0 Å². The first kappa shape index (κ1) is 24.5. The SMILES string of the molecule is CCOC(=O)[C@@H]1CC[C@@H]2[C@@H]3CC[C@]4(O)C[C@H](OC(C)=O)CC[C@]4(C(=O)OCC)[C@H]3CC[C@]21C. The molecular weight excluding hydrogens is 424 g/mol. The van der Waals surface area contributed by atoms with Crippen LogP contribution in [0.25, 0.3) is 0 Å². The third kappa shape index (κ3) is 3.69. The Morgan fingerprint density at radius 1 is 0.909 bits per heavy atom. The van der Waals surface area contributed by atoms with Crippen molar-refractivity contribution in [3.8, 4) is 0 Å². The van der Waals surface area contributed by atoms with E-state index in [0.717, 1.165) is 32.1 Å². The molecule has 0 unspecified atom stereocenters. The summed E-state index contributed by atoms with van der Waals surface area (Å²) in [5, 5.41) is 12.0. The molecule has 0 heterocycles. The molecule has 0 aliphatic heterocycles. The van der Waals surface area contributed by atoms with Crippen molar-refractivity contribution in [3.63, 3.8) is 0 Å². The molecule has 4 saturated carbocycles. The summed E-state index contributed by atoms with van der Waals surface area (Å²) in [6.07, 6.45) is 5.63. The average molecular weight is 465 g/mol. The number of hydrogen-bond donors (Lipinski definition) is 1. The number of fused-ring (bicyclic) bond motifs is 5. The van der Waals surface area contributed by atoms with Crippen LogP contribution in [0.3, 0.4) is 0 Å². The predicted octanol–water partition coefficient (Wildman–Crippen LogP) is 3.80. The highest BCUT2D eigenvalue weighted by molar-refractivity contribution is 5.80. The molecule has 4 fully saturated rings. The molecule has 0 aromatic carbocycles. The summed E-state index contributed by atoms with van der Waals surface area (Å²) in [6, 6.07) is 0. The normalized spacial score (nSPS) is 44.1. The molecule has 4 rings (SSSR count). The summed E-state index contributed by atoms with van der Waals surface area (Å²) in [4.78, 5) is 37.9. The lowest BCUT2D eigenvalue weighted by Gasteiger charge is -2.63. The zero-order valence-electron chi connectivity index (χ0n) is 20.6. The molecule has 1 N–H and O–H groups in total. The van der Waals surface area contributed by atoms with Crippen molar-refractivity contribution < 1.29 is 33.7 Å². The Morgan fingerprint density at radius 2 is 1.64 bits per heavy atom. The second-order valence-corrected chi connectivity index (χ2v) is 11.0. The van der Waals surface area contributed by atoms with E-state index in [2.05, 4.69) is 6.92 Å². The summed E-state index contributed by atoms with van der Waals surface area (Å²) in [5.74, 6) is -0.242. The fourth-order valence-corrected chi connectivity index (χ4v) is 8.51. The van der Waals surface area contributed by atoms with Crippen molar-refractivity contribution >= 4 is 17.9 Å². The summed E-state index contributed by atoms with van der Waals surface area (Å²) in [7, 11) is 0. The Labute approximate surface area is 196 Å². The summed E-state index contributed by atoms with van der Waals surface area (Å²) >= 11 is 0. The number of ether oxygens (including phenoxy) is 3. The highest BCUT2D eigenvalue weighted by Gasteiger charge is 2.70. The van der Waals surface area contributed by atoms with Crippen LogP contribution in [0.5, 0.6) is 0 Å². The van der Waals surface area contributed by atoms with E-state index in [-0.39, 0.29) is 60.2 Å². The number of esters is 3. The molecule has 0 saturated heterocycles. The summed E-state index contributed by atoms with van der Waals surface area (Å²) in [5.41, 5.74) is -2.36. The van der Waals surface area contributed by atoms with Gasteiger partial charge in [-0.25, -0.2) is 0 Å². The van der Waals surface area contributed by atoms with E-state index in [4.69, 9.17) is 14.2 Å². The lowest BCUT2D eigenvalue weighted by Crippen LogP contribution is -2.67. The van der Waals surface area contributed by atoms with Crippen LogP contribution < -0.4 is 0 Å². The van der Waals surface area contributed by atoms with E-state index >= 15 is 0 Å². The molecule has 186 valence electrons. The Balaban J connectivity index is 1.66. The molecule has 0 amide bonds. The number of carbonyl (C=O) groups is 3. The molecule has 4 aliphatic rings. The van der Waals surface area contributed by atoms with E-state index in [9.17, 15) is 19.5 Å². The second-order valence-electron chi connectivity index (χ2n) is 11.0. The Kier molecular flexibility index (Phi) is 6.58. The van der Waals surface area contributed by atoms with Crippen molar-refractivity contribution in [1.29, 1.82) is 0 Å². The van der Waals surface area contributed by atoms with Gasteiger partial charge in [0.05, 0.1) is 30.1 Å². The molecule has 0 aromatic heterocycles. The van der Waals surface area contributed by atoms with Gasteiger partial charge in [-0.2, -0.15) is 0 Å². The van der Waals surface area contributed by atoms with Crippen LogP contribution in [0.1, 0.15) is 85.5 Å². The van der Waals surface area contributed by atoms with Crippen molar-refractivity contribution in [2.45, 2.75) is 97.2 Å². The van der Waals surface area contributed by atoms with Crippen LogP contribution in [-0.4, -0.2) is 47.9 Å². The van der Waals surface area contributed by atoms with Crippen molar-refractivity contribution in [3.05, 3.63) is 0 Å². The molecule has 0 aromatic rings. The summed E-state index contributed by atoms with van der Waals surface area (Å²) in [6.45, 7) is 7.93. The first-order valence-electron chi connectivity index (χ1n) is 12.9. The minimum absolute atomic E-state index is 0.00704. The highest BCUT2D eigenvalue weighted by Crippen LogP contribution is 2.69. The van der Waals surface area contributed by atoms with E-state index in [0.29, 0.717) is 31.8 Å². The minimum Gasteiger partial charge on any atom is -0.466 e. The van der Waals surface area contributed by atoms with Gasteiger partial charge in [-0.05, 0) is 88.4 Å². The van der Waals surface area contributed by atoms with Gasteiger partial charge in [0.15, 0.2) is 0 Å². The van der Waals surface area contributed by atoms with Gasteiger partial charge in [0.1, 0.15) is 6.10 Å². The Hall–Kier alpha value is -1.63. The van der Waals surface area contributed by atoms with E-state index in [1.165, 1.54) is 6.92 Å². The second kappa shape index (κ2) is 8.86. The molecule has 0 spiro atoms. The molecular formula is C26H40O7. The molecule has 4 aliphatic carbocycles. The van der Waals surface area contributed by atoms with Crippen molar-refractivity contribution in [2.75, 3.05) is 13.2 Å². The smallest absolute Gasteiger partial charge is 0.315 e. The fourth-order valence-electron chi connectivity index (χ4n) is 8.51. The zero-order valence-corrected chi connectivity index (χ0v) is 20.6. The molecule has 33 heavy (non-hydrogen) atoms. The van der Waals surface area contributed by atoms with Gasteiger partial charge in [0.25, 0.3) is 0 Å². The van der Waals surface area contributed by atoms with Crippen LogP contribution in [0.4, 0.5) is 0 Å². The van der Waals surface area contributed by atoms with Crippen molar-refractivity contribution in [1.82, 2.24) is 0 Å². The first-order valence-corrected chi connectivity index (χ1v) is 12.9. The third-order valence-electron chi connectivity index (χ3n) is 9.76. The topological polar surface area (TPSA) is 99.1 Å². The highest BCUT2D eigenvalue weighted by atomic mass is 16.5. The number of rotatable bonds is 5. The van der Waals surface area contributed by atoms with E-state index in [1.54, 1.807) is 6.92 Å². The molecule has 8 atom stereocenters. The molecule has 7 heteroatoms. The predicted molar refractivity (Wildman–Crippen MR) is 120 cm³/mol. The van der Waals surface area contributed by atoms with Crippen LogP contribution in [0.15, 0.2) is 0 Å². The maximum Gasteiger partial charge on any atom is 0.315 e. The lowest BCUT2D eigenvalue weighted by atomic mass is 9.42. The van der Waals surface area contributed by atoms with Crippen LogP contribution in [0, 0.1) is 34.5 Å². The van der Waals surface area contributed by atoms with Gasteiger partial charge in [0, 0.05) is 13.3 Å². The van der Waals surface area contributed by atoms with Crippen molar-refractivity contribution in [2.24, 2.45) is 34.5 Å². The average Bonchev–Trinajstić information content (AvgIpc) is 3.10. The fraction of sp³-hybridized carbons (Fsp3) is 0.885. The van der Waals surface area contributed by atoms with Gasteiger partial charge in [0.2, 0.25) is 0 Å². The maximum absolute atomic E-state index is 13.6. The largest absolute Gasteiger partial charge is 0.466 e. The van der Waals surface area contributed by atoms with Gasteiger partial charge in [-0.15, -0.1) is 0 Å². The number of carbonyl (C=O) groups excluding carboxylic acids is 3. The standard InChI is InChI=1S/C26H40O7/c1-5-31-22(28)21-8-7-19-18-10-13-25(30)15-17(33-16(3)27)9-14-26(25,23(29)32-6-2)20(18)11-12-24(19,21)4/h17-21,30H,5-15H2,1-4H3/t17-,18+,19-,20+,21+,24-,25+,26-/m1/s1. The first-order chi connectivity index (χ1) is 15.6. The molecule has 0 radical (unpaired) electrons. The van der Waals surface area contributed by atoms with Gasteiger partial charge in [-0.1, -0.05) is 6.92 Å². The lowest BCUT2D eigenvalue weighted by molar-refractivity contribution is -0.240. The zero-order chi connectivity index (χ0) is 24.0. The van der Waals surface area contributed by atoms with E-state index < -0.39 is 11.0 Å². The van der Waals surface area contributed by atoms with E-state index in [1.807, 2.05) is 6.92 Å². The van der Waals surface area contributed by atoms with Gasteiger partial charge in [-0.3, -0.25) is 14.4 Å². The minimum atomic E-state index is -1.24. The van der Waals surface area contributed by atoms with Gasteiger partial charge >= 0.3 is 17.9 Å².